The summed E-state index contributed by atoms with van der Waals surface area (Å²) in [5.74, 6) is 4.51. The Labute approximate surface area is 123 Å². The predicted molar refractivity (Wildman–Crippen MR) is 84.3 cm³/mol. The second kappa shape index (κ2) is 5.79. The molecule has 1 saturated heterocycles. The number of rotatable bonds is 3. The van der Waals surface area contributed by atoms with Gasteiger partial charge in [0.25, 0.3) is 0 Å². The van der Waals surface area contributed by atoms with Crippen LogP contribution in [0.1, 0.15) is 24.3 Å². The second-order valence-electron chi connectivity index (χ2n) is 5.05. The van der Waals surface area contributed by atoms with Gasteiger partial charge in [-0.2, -0.15) is 16.9 Å². The maximum atomic E-state index is 5.70. The molecule has 0 aliphatic carbocycles. The summed E-state index contributed by atoms with van der Waals surface area (Å²) in [6.07, 6.45) is 2.50. The minimum Gasteiger partial charge on any atom is -0.496 e. The third kappa shape index (κ3) is 2.63. The maximum Gasteiger partial charge on any atom is 0.145 e. The van der Waals surface area contributed by atoms with Crippen LogP contribution in [0.4, 0.5) is 5.82 Å². The number of methoxy groups -OCH3 is 1. The monoisotopic (exact) mass is 289 g/mol. The first-order valence-corrected chi connectivity index (χ1v) is 8.00. The van der Waals surface area contributed by atoms with E-state index in [1.165, 1.54) is 29.9 Å². The highest BCUT2D eigenvalue weighted by atomic mass is 32.2. The van der Waals surface area contributed by atoms with E-state index in [0.29, 0.717) is 11.7 Å². The zero-order chi connectivity index (χ0) is 13.9. The van der Waals surface area contributed by atoms with Gasteiger partial charge in [0, 0.05) is 11.6 Å². The van der Waals surface area contributed by atoms with Crippen molar-refractivity contribution in [1.82, 2.24) is 10.2 Å². The van der Waals surface area contributed by atoms with Crippen LogP contribution in [0.2, 0.25) is 0 Å². The van der Waals surface area contributed by atoms with Crippen molar-refractivity contribution in [2.45, 2.75) is 18.8 Å². The van der Waals surface area contributed by atoms with Gasteiger partial charge in [-0.25, -0.2) is 0 Å². The van der Waals surface area contributed by atoms with Crippen molar-refractivity contribution in [3.8, 4) is 17.0 Å². The summed E-state index contributed by atoms with van der Waals surface area (Å²) in [6, 6.07) is 8.29. The standard InChI is InChI=1S/C15H19N3OS/c1-19-14-3-2-11(10-4-6-20-7-5-10)8-12(14)13-9-15(16)18-17-13/h2-3,8-10H,4-7H2,1H3,(H3,16,17,18). The van der Waals surface area contributed by atoms with Crippen LogP contribution in [0, 0.1) is 0 Å². The Balaban J connectivity index is 1.98. The van der Waals surface area contributed by atoms with E-state index in [1.807, 2.05) is 23.9 Å². The molecule has 1 aliphatic heterocycles. The minimum absolute atomic E-state index is 0.501. The highest BCUT2D eigenvalue weighted by Gasteiger charge is 2.18. The van der Waals surface area contributed by atoms with Crippen LogP contribution in [0.25, 0.3) is 11.3 Å². The number of hydrogen-bond acceptors (Lipinski definition) is 4. The molecule has 0 unspecified atom stereocenters. The first kappa shape index (κ1) is 13.4. The van der Waals surface area contributed by atoms with Crippen LogP contribution < -0.4 is 10.5 Å². The summed E-state index contributed by atoms with van der Waals surface area (Å²) in [4.78, 5) is 0. The molecule has 4 nitrogen and oxygen atoms in total. The van der Waals surface area contributed by atoms with E-state index in [-0.39, 0.29) is 0 Å². The lowest BCUT2D eigenvalue weighted by atomic mass is 9.91. The molecule has 3 N–H and O–H groups in total. The number of benzene rings is 1. The molecule has 0 radical (unpaired) electrons. The van der Waals surface area contributed by atoms with Crippen molar-refractivity contribution < 1.29 is 4.74 Å². The van der Waals surface area contributed by atoms with Gasteiger partial charge in [0.2, 0.25) is 0 Å². The number of anilines is 1. The number of H-pyrrole nitrogens is 1. The fourth-order valence-corrected chi connectivity index (χ4v) is 3.80. The van der Waals surface area contributed by atoms with E-state index in [1.54, 1.807) is 7.11 Å². The molecule has 2 heterocycles. The lowest BCUT2D eigenvalue weighted by Crippen LogP contribution is -2.08. The Morgan fingerprint density at radius 3 is 2.75 bits per heavy atom. The number of nitrogen functional groups attached to an aromatic ring is 1. The summed E-state index contributed by atoms with van der Waals surface area (Å²) in [5.41, 5.74) is 9.03. The predicted octanol–water partition coefficient (Wildman–Crippen LogP) is 3.28. The Hall–Kier alpha value is -1.62. The van der Waals surface area contributed by atoms with Gasteiger partial charge >= 0.3 is 0 Å². The summed E-state index contributed by atoms with van der Waals surface area (Å²) < 4.78 is 5.46. The molecular weight excluding hydrogens is 270 g/mol. The molecule has 1 aromatic heterocycles. The fourth-order valence-electron chi connectivity index (χ4n) is 2.70. The number of nitrogens with two attached hydrogens (primary N) is 1. The number of hydrogen-bond donors (Lipinski definition) is 2. The molecule has 1 aromatic carbocycles. The van der Waals surface area contributed by atoms with E-state index in [2.05, 4.69) is 22.3 Å². The van der Waals surface area contributed by atoms with E-state index in [4.69, 9.17) is 10.5 Å². The topological polar surface area (TPSA) is 63.9 Å². The van der Waals surface area contributed by atoms with Crippen molar-refractivity contribution in [2.75, 3.05) is 24.3 Å². The van der Waals surface area contributed by atoms with Crippen molar-refractivity contribution in [2.24, 2.45) is 0 Å². The van der Waals surface area contributed by atoms with Gasteiger partial charge in [-0.15, -0.1) is 0 Å². The Morgan fingerprint density at radius 2 is 2.10 bits per heavy atom. The number of ether oxygens (including phenoxy) is 1. The van der Waals surface area contributed by atoms with Gasteiger partial charge in [-0.05, 0) is 48.0 Å². The van der Waals surface area contributed by atoms with Gasteiger partial charge in [0.15, 0.2) is 0 Å². The lowest BCUT2D eigenvalue weighted by Gasteiger charge is -2.22. The molecule has 1 fully saturated rings. The van der Waals surface area contributed by atoms with Crippen molar-refractivity contribution in [3.05, 3.63) is 29.8 Å². The fraction of sp³-hybridized carbons (Fsp3) is 0.400. The summed E-state index contributed by atoms with van der Waals surface area (Å²) in [6.45, 7) is 0. The zero-order valence-corrected chi connectivity index (χ0v) is 12.4. The minimum atomic E-state index is 0.501. The Bertz CT molecular complexity index is 591. The molecule has 1 aliphatic rings. The first-order chi connectivity index (χ1) is 9.78. The SMILES string of the molecule is COc1ccc(C2CCSCC2)cc1-c1cc(N)n[nH]1. The van der Waals surface area contributed by atoms with Crippen LogP contribution in [0.15, 0.2) is 24.3 Å². The number of nitrogens with one attached hydrogen (secondary N) is 1. The largest absolute Gasteiger partial charge is 0.496 e. The van der Waals surface area contributed by atoms with Crippen molar-refractivity contribution in [1.29, 1.82) is 0 Å². The average Bonchev–Trinajstić information content (AvgIpc) is 2.94. The van der Waals surface area contributed by atoms with Gasteiger partial charge in [0.1, 0.15) is 11.6 Å². The third-order valence-electron chi connectivity index (χ3n) is 3.80. The maximum absolute atomic E-state index is 5.70. The number of aromatic nitrogens is 2. The first-order valence-electron chi connectivity index (χ1n) is 6.85. The van der Waals surface area contributed by atoms with Gasteiger partial charge in [-0.3, -0.25) is 5.10 Å². The molecule has 0 spiro atoms. The van der Waals surface area contributed by atoms with E-state index in [0.717, 1.165) is 17.0 Å². The smallest absolute Gasteiger partial charge is 0.145 e. The molecular formula is C15H19N3OS. The highest BCUT2D eigenvalue weighted by molar-refractivity contribution is 7.99. The third-order valence-corrected chi connectivity index (χ3v) is 4.85. The quantitative estimate of drug-likeness (QED) is 0.910. The van der Waals surface area contributed by atoms with Crippen LogP contribution in [0.3, 0.4) is 0 Å². The zero-order valence-electron chi connectivity index (χ0n) is 11.6. The normalized spacial score (nSPS) is 16.2. The van der Waals surface area contributed by atoms with E-state index < -0.39 is 0 Å². The van der Waals surface area contributed by atoms with Gasteiger partial charge < -0.3 is 10.5 Å². The highest BCUT2D eigenvalue weighted by Crippen LogP contribution is 2.37. The summed E-state index contributed by atoms with van der Waals surface area (Å²) in [5, 5.41) is 6.97. The van der Waals surface area contributed by atoms with Crippen molar-refractivity contribution >= 4 is 17.6 Å². The molecule has 5 heteroatoms. The van der Waals surface area contributed by atoms with Crippen LogP contribution in [0.5, 0.6) is 5.75 Å². The summed E-state index contributed by atoms with van der Waals surface area (Å²) in [7, 11) is 1.69. The molecule has 3 rings (SSSR count). The Kier molecular flexibility index (Phi) is 3.87. The Morgan fingerprint density at radius 1 is 1.30 bits per heavy atom. The molecule has 2 aromatic rings. The molecule has 0 atom stereocenters. The molecule has 20 heavy (non-hydrogen) atoms. The van der Waals surface area contributed by atoms with Crippen LogP contribution in [-0.4, -0.2) is 28.8 Å². The summed E-state index contributed by atoms with van der Waals surface area (Å²) >= 11 is 2.05. The van der Waals surface area contributed by atoms with Crippen LogP contribution >= 0.6 is 11.8 Å². The van der Waals surface area contributed by atoms with E-state index in [9.17, 15) is 0 Å². The van der Waals surface area contributed by atoms with Gasteiger partial charge in [-0.1, -0.05) is 6.07 Å². The number of aromatic amines is 1. The molecule has 0 bridgehead atoms. The van der Waals surface area contributed by atoms with Crippen LogP contribution in [-0.2, 0) is 0 Å². The van der Waals surface area contributed by atoms with E-state index >= 15 is 0 Å². The van der Waals surface area contributed by atoms with Gasteiger partial charge in [0.05, 0.1) is 12.8 Å². The molecule has 106 valence electrons. The second-order valence-corrected chi connectivity index (χ2v) is 6.28. The lowest BCUT2D eigenvalue weighted by molar-refractivity contribution is 0.416. The number of thioether (sulfide) groups is 1. The molecule has 0 saturated carbocycles. The number of nitrogens with zero attached hydrogens (tertiary/aromatic N) is 1. The average molecular weight is 289 g/mol. The molecule has 0 amide bonds. The van der Waals surface area contributed by atoms with Crippen molar-refractivity contribution in [3.63, 3.8) is 0 Å².